The van der Waals surface area contributed by atoms with E-state index in [0.29, 0.717) is 0 Å². The van der Waals surface area contributed by atoms with Gasteiger partial charge in [0.2, 0.25) is 5.88 Å². The van der Waals surface area contributed by atoms with E-state index in [1.807, 2.05) is 0 Å². The number of halogens is 3. The maximum absolute atomic E-state index is 12.5. The fraction of sp³-hybridized carbons (Fsp3) is 0.333. The van der Waals surface area contributed by atoms with Crippen LogP contribution in [0.3, 0.4) is 0 Å². The van der Waals surface area contributed by atoms with Gasteiger partial charge in [0.1, 0.15) is 4.60 Å². The molecule has 0 atom stereocenters. The van der Waals surface area contributed by atoms with Gasteiger partial charge in [0.25, 0.3) is 6.43 Å². The normalized spacial score (nSPS) is 10.6. The van der Waals surface area contributed by atoms with Crippen LogP contribution in [0.4, 0.5) is 8.78 Å². The molecule has 0 unspecified atom stereocenters. The maximum atomic E-state index is 12.5. The smallest absolute Gasteiger partial charge is 0.308 e. The van der Waals surface area contributed by atoms with Gasteiger partial charge in [-0.15, -0.1) is 0 Å². The Morgan fingerprint density at radius 3 is 2.75 bits per heavy atom. The van der Waals surface area contributed by atoms with E-state index in [2.05, 4.69) is 20.9 Å². The molecule has 0 saturated heterocycles. The Labute approximate surface area is 98.4 Å². The van der Waals surface area contributed by atoms with Gasteiger partial charge in [0, 0.05) is 5.56 Å². The number of carboxylic acids is 1. The van der Waals surface area contributed by atoms with Gasteiger partial charge >= 0.3 is 5.97 Å². The molecule has 1 heterocycles. The zero-order chi connectivity index (χ0) is 12.3. The molecule has 1 aromatic heterocycles. The van der Waals surface area contributed by atoms with Crippen molar-refractivity contribution in [1.82, 2.24) is 4.98 Å². The Hall–Kier alpha value is -1.24. The standard InChI is InChI=1S/C9H8BrF2NO3/c1-16-9-4(3-6(14)15)2-5(8(11)12)7(10)13-9/h2,8H,3H2,1H3,(H,14,15). The number of hydrogen-bond acceptors (Lipinski definition) is 3. The van der Waals surface area contributed by atoms with E-state index in [-0.39, 0.29) is 21.6 Å². The summed E-state index contributed by atoms with van der Waals surface area (Å²) in [6.45, 7) is 0. The van der Waals surface area contributed by atoms with E-state index >= 15 is 0 Å². The predicted octanol–water partition coefficient (Wildman–Crippen LogP) is 2.42. The van der Waals surface area contributed by atoms with Gasteiger partial charge < -0.3 is 9.84 Å². The Bertz CT molecular complexity index is 412. The molecular formula is C9H8BrF2NO3. The van der Waals surface area contributed by atoms with Crippen LogP contribution in [0.2, 0.25) is 0 Å². The molecule has 0 bridgehead atoms. The third-order valence-electron chi connectivity index (χ3n) is 1.81. The molecular weight excluding hydrogens is 288 g/mol. The summed E-state index contributed by atoms with van der Waals surface area (Å²) in [6, 6.07) is 1.08. The van der Waals surface area contributed by atoms with Crippen LogP contribution in [0.1, 0.15) is 17.6 Å². The second kappa shape index (κ2) is 5.20. The molecule has 0 aliphatic carbocycles. The van der Waals surface area contributed by atoms with E-state index in [9.17, 15) is 13.6 Å². The highest BCUT2D eigenvalue weighted by Gasteiger charge is 2.18. The number of carbonyl (C=O) groups is 1. The number of hydrogen-bond donors (Lipinski definition) is 1. The van der Waals surface area contributed by atoms with Crippen LogP contribution in [0.15, 0.2) is 10.7 Å². The van der Waals surface area contributed by atoms with Crippen LogP contribution < -0.4 is 4.74 Å². The molecule has 4 nitrogen and oxygen atoms in total. The first-order chi connectivity index (χ1) is 7.45. The van der Waals surface area contributed by atoms with Gasteiger partial charge in [0.05, 0.1) is 19.1 Å². The highest BCUT2D eigenvalue weighted by Crippen LogP contribution is 2.30. The lowest BCUT2D eigenvalue weighted by Gasteiger charge is -2.09. The number of ether oxygens (including phenoxy) is 1. The molecule has 1 aromatic rings. The Morgan fingerprint density at radius 2 is 2.31 bits per heavy atom. The van der Waals surface area contributed by atoms with Crippen LogP contribution in [0.25, 0.3) is 0 Å². The lowest BCUT2D eigenvalue weighted by Crippen LogP contribution is -2.05. The third-order valence-corrected chi connectivity index (χ3v) is 2.45. The first-order valence-electron chi connectivity index (χ1n) is 4.19. The summed E-state index contributed by atoms with van der Waals surface area (Å²) in [4.78, 5) is 14.2. The molecule has 0 amide bonds. The first-order valence-corrected chi connectivity index (χ1v) is 4.98. The molecule has 1 N–H and O–H groups in total. The van der Waals surface area contributed by atoms with Crippen molar-refractivity contribution in [3.05, 3.63) is 21.8 Å². The molecule has 0 aromatic carbocycles. The van der Waals surface area contributed by atoms with Crippen molar-refractivity contribution in [2.24, 2.45) is 0 Å². The fourth-order valence-electron chi connectivity index (χ4n) is 1.15. The van der Waals surface area contributed by atoms with Gasteiger partial charge in [-0.2, -0.15) is 0 Å². The molecule has 0 aliphatic rings. The van der Waals surface area contributed by atoms with Crippen molar-refractivity contribution in [3.8, 4) is 5.88 Å². The molecule has 0 aliphatic heterocycles. The number of aliphatic carboxylic acids is 1. The highest BCUT2D eigenvalue weighted by atomic mass is 79.9. The highest BCUT2D eigenvalue weighted by molar-refractivity contribution is 9.10. The zero-order valence-electron chi connectivity index (χ0n) is 8.21. The van der Waals surface area contributed by atoms with Crippen LogP contribution in [-0.2, 0) is 11.2 Å². The summed E-state index contributed by atoms with van der Waals surface area (Å²) in [6.07, 6.45) is -3.14. The van der Waals surface area contributed by atoms with Crippen LogP contribution in [0, 0.1) is 0 Å². The predicted molar refractivity (Wildman–Crippen MR) is 54.8 cm³/mol. The molecule has 0 spiro atoms. The summed E-state index contributed by atoms with van der Waals surface area (Å²) in [7, 11) is 1.29. The number of pyridine rings is 1. The lowest BCUT2D eigenvalue weighted by atomic mass is 10.1. The zero-order valence-corrected chi connectivity index (χ0v) is 9.79. The number of methoxy groups -OCH3 is 1. The molecule has 88 valence electrons. The number of aromatic nitrogens is 1. The number of nitrogens with zero attached hydrogens (tertiary/aromatic N) is 1. The van der Waals surface area contributed by atoms with Crippen LogP contribution in [-0.4, -0.2) is 23.2 Å². The summed E-state index contributed by atoms with van der Waals surface area (Å²) in [5, 5.41) is 8.60. The Balaban J connectivity index is 3.22. The second-order valence-electron chi connectivity index (χ2n) is 2.91. The quantitative estimate of drug-likeness (QED) is 0.867. The maximum Gasteiger partial charge on any atom is 0.308 e. The third kappa shape index (κ3) is 2.88. The SMILES string of the molecule is COc1nc(Br)c(C(F)F)cc1CC(=O)O. The van der Waals surface area contributed by atoms with Gasteiger partial charge in [-0.1, -0.05) is 0 Å². The van der Waals surface area contributed by atoms with E-state index < -0.39 is 18.8 Å². The minimum absolute atomic E-state index is 0.0266. The van der Waals surface area contributed by atoms with Gasteiger partial charge in [-0.25, -0.2) is 13.8 Å². The monoisotopic (exact) mass is 295 g/mol. The van der Waals surface area contributed by atoms with Gasteiger partial charge in [-0.3, -0.25) is 4.79 Å². The minimum atomic E-state index is -2.72. The molecule has 0 fully saturated rings. The van der Waals surface area contributed by atoms with Crippen LogP contribution in [0.5, 0.6) is 5.88 Å². The molecule has 1 rings (SSSR count). The summed E-state index contributed by atoms with van der Waals surface area (Å²) in [5.74, 6) is -1.11. The van der Waals surface area contributed by atoms with Gasteiger partial charge in [0.15, 0.2) is 0 Å². The minimum Gasteiger partial charge on any atom is -0.481 e. The fourth-order valence-corrected chi connectivity index (χ4v) is 1.60. The summed E-state index contributed by atoms with van der Waals surface area (Å²) < 4.78 is 29.8. The Kier molecular flexibility index (Phi) is 4.17. The van der Waals surface area contributed by atoms with Crippen LogP contribution >= 0.6 is 15.9 Å². The van der Waals surface area contributed by atoms with E-state index in [1.54, 1.807) is 0 Å². The topological polar surface area (TPSA) is 59.4 Å². The average molecular weight is 296 g/mol. The van der Waals surface area contributed by atoms with E-state index in [1.165, 1.54) is 7.11 Å². The number of carboxylic acid groups (broad SMARTS) is 1. The molecule has 0 radical (unpaired) electrons. The molecule has 0 saturated carbocycles. The van der Waals surface area contributed by atoms with Crippen molar-refractivity contribution < 1.29 is 23.4 Å². The summed E-state index contributed by atoms with van der Waals surface area (Å²) in [5.41, 5.74) is -0.231. The van der Waals surface area contributed by atoms with Gasteiger partial charge in [-0.05, 0) is 22.0 Å². The first kappa shape index (κ1) is 12.8. The van der Waals surface area contributed by atoms with Crippen molar-refractivity contribution in [3.63, 3.8) is 0 Å². The number of alkyl halides is 2. The van der Waals surface area contributed by atoms with Crippen molar-refractivity contribution in [2.75, 3.05) is 7.11 Å². The molecule has 16 heavy (non-hydrogen) atoms. The van der Waals surface area contributed by atoms with Crippen molar-refractivity contribution in [2.45, 2.75) is 12.8 Å². The van der Waals surface area contributed by atoms with Crippen molar-refractivity contribution >= 4 is 21.9 Å². The van der Waals surface area contributed by atoms with Crippen molar-refractivity contribution in [1.29, 1.82) is 0 Å². The average Bonchev–Trinajstić information content (AvgIpc) is 2.18. The summed E-state index contributed by atoms with van der Waals surface area (Å²) >= 11 is 2.87. The van der Waals surface area contributed by atoms with E-state index in [0.717, 1.165) is 6.07 Å². The molecule has 7 heteroatoms. The second-order valence-corrected chi connectivity index (χ2v) is 3.66. The Morgan fingerprint density at radius 1 is 1.69 bits per heavy atom. The largest absolute Gasteiger partial charge is 0.481 e. The van der Waals surface area contributed by atoms with E-state index in [4.69, 9.17) is 9.84 Å². The number of rotatable bonds is 4. The lowest BCUT2D eigenvalue weighted by molar-refractivity contribution is -0.136.